The molecule has 1 aliphatic carbocycles. The lowest BCUT2D eigenvalue weighted by atomic mass is 9.76. The smallest absolute Gasteiger partial charge is 0.257 e. The van der Waals surface area contributed by atoms with Gasteiger partial charge in [0.1, 0.15) is 6.23 Å². The molecule has 130 valence electrons. The number of hydrogen-bond acceptors (Lipinski definition) is 6. The number of thiophene rings is 1. The Morgan fingerprint density at radius 1 is 1.36 bits per heavy atom. The maximum atomic E-state index is 13.1. The minimum atomic E-state index is -0.675. The number of rotatable bonds is 4. The zero-order valence-electron chi connectivity index (χ0n) is 13.7. The third kappa shape index (κ3) is 2.49. The molecule has 2 atom stereocenters. The predicted octanol–water partition coefficient (Wildman–Crippen LogP) is 2.68. The van der Waals surface area contributed by atoms with Gasteiger partial charge in [0, 0.05) is 30.1 Å². The minimum absolute atomic E-state index is 0.0170. The lowest BCUT2D eigenvalue weighted by Gasteiger charge is -2.42. The van der Waals surface area contributed by atoms with Crippen LogP contribution in [0.3, 0.4) is 0 Å². The van der Waals surface area contributed by atoms with Crippen LogP contribution in [0.5, 0.6) is 0 Å². The van der Waals surface area contributed by atoms with E-state index in [9.17, 15) is 4.79 Å². The highest BCUT2D eigenvalue weighted by Gasteiger charge is 2.63. The summed E-state index contributed by atoms with van der Waals surface area (Å²) in [4.78, 5) is 24.7. The first-order valence-electron chi connectivity index (χ1n) is 8.66. The summed E-state index contributed by atoms with van der Waals surface area (Å²) in [5.74, 6) is 0.0987. The lowest BCUT2D eigenvalue weighted by Crippen LogP contribution is -2.54. The monoisotopic (exact) mass is 357 g/mol. The molecule has 3 aliphatic rings. The Hall–Kier alpha value is -1.83. The molecule has 1 saturated carbocycles. The van der Waals surface area contributed by atoms with E-state index in [1.54, 1.807) is 29.9 Å². The molecule has 1 amide bonds. The largest absolute Gasteiger partial charge is 0.372 e. The molecule has 25 heavy (non-hydrogen) atoms. The zero-order chi connectivity index (χ0) is 16.9. The quantitative estimate of drug-likeness (QED) is 0.842. The van der Waals surface area contributed by atoms with Crippen LogP contribution in [0.2, 0.25) is 0 Å². The van der Waals surface area contributed by atoms with Crippen LogP contribution in [0.4, 0.5) is 0 Å². The van der Waals surface area contributed by atoms with Crippen LogP contribution in [0.1, 0.15) is 42.3 Å². The number of hydrogen-bond donors (Lipinski definition) is 0. The first-order chi connectivity index (χ1) is 12.3. The van der Waals surface area contributed by atoms with Crippen molar-refractivity contribution in [3.8, 4) is 0 Å². The second kappa shape index (κ2) is 5.86. The van der Waals surface area contributed by atoms with E-state index in [-0.39, 0.29) is 24.3 Å². The Labute approximate surface area is 149 Å². The number of aromatic nitrogens is 2. The topological polar surface area (TPSA) is 64.6 Å². The van der Waals surface area contributed by atoms with E-state index in [1.165, 1.54) is 4.88 Å². The number of ether oxygens (including phenoxy) is 2. The molecule has 7 heteroatoms. The van der Waals surface area contributed by atoms with Crippen molar-refractivity contribution >= 4 is 17.2 Å². The first kappa shape index (κ1) is 15.4. The maximum absolute atomic E-state index is 13.1. The van der Waals surface area contributed by atoms with Crippen LogP contribution in [0.25, 0.3) is 0 Å². The predicted molar refractivity (Wildman–Crippen MR) is 90.6 cm³/mol. The summed E-state index contributed by atoms with van der Waals surface area (Å²) in [6, 6.07) is 4.07. The summed E-state index contributed by atoms with van der Waals surface area (Å²) in [6.07, 6.45) is 8.09. The molecule has 2 aliphatic heterocycles. The van der Waals surface area contributed by atoms with Gasteiger partial charge in [-0.05, 0) is 24.3 Å². The van der Waals surface area contributed by atoms with Gasteiger partial charge < -0.3 is 14.4 Å². The van der Waals surface area contributed by atoms with Crippen molar-refractivity contribution in [3.05, 3.63) is 46.7 Å². The number of nitrogens with zero attached hydrogens (tertiary/aromatic N) is 3. The molecule has 1 spiro atoms. The van der Waals surface area contributed by atoms with Gasteiger partial charge in [0.05, 0.1) is 30.6 Å². The molecular weight excluding hydrogens is 338 g/mol. The van der Waals surface area contributed by atoms with Gasteiger partial charge in [-0.25, -0.2) is 0 Å². The highest BCUT2D eigenvalue weighted by atomic mass is 32.1. The average Bonchev–Trinajstić information content (AvgIpc) is 3.30. The zero-order valence-corrected chi connectivity index (χ0v) is 14.5. The third-order valence-corrected chi connectivity index (χ3v) is 6.25. The minimum Gasteiger partial charge on any atom is -0.372 e. The summed E-state index contributed by atoms with van der Waals surface area (Å²) >= 11 is 1.69. The molecule has 2 saturated heterocycles. The molecule has 6 nitrogen and oxygen atoms in total. The highest BCUT2D eigenvalue weighted by molar-refractivity contribution is 7.09. The Morgan fingerprint density at radius 3 is 3.04 bits per heavy atom. The summed E-state index contributed by atoms with van der Waals surface area (Å²) in [5.41, 5.74) is 0.176. The molecular formula is C18H19N3O3S. The third-order valence-electron chi connectivity index (χ3n) is 5.40. The second-order valence-electron chi connectivity index (χ2n) is 6.92. The van der Waals surface area contributed by atoms with Crippen molar-refractivity contribution in [2.45, 2.75) is 56.3 Å². The van der Waals surface area contributed by atoms with Crippen molar-refractivity contribution in [3.63, 3.8) is 0 Å². The van der Waals surface area contributed by atoms with Crippen LogP contribution < -0.4 is 0 Å². The van der Waals surface area contributed by atoms with Crippen LogP contribution in [0.15, 0.2) is 36.1 Å². The van der Waals surface area contributed by atoms with Gasteiger partial charge in [0.2, 0.25) is 0 Å². The molecule has 3 fully saturated rings. The molecule has 0 radical (unpaired) electrons. The fourth-order valence-electron chi connectivity index (χ4n) is 4.15. The molecule has 0 unspecified atom stereocenters. The molecule has 0 aromatic carbocycles. The van der Waals surface area contributed by atoms with Crippen molar-refractivity contribution in [1.82, 2.24) is 14.9 Å². The van der Waals surface area contributed by atoms with Crippen LogP contribution in [-0.4, -0.2) is 38.7 Å². The van der Waals surface area contributed by atoms with E-state index in [0.29, 0.717) is 19.4 Å². The van der Waals surface area contributed by atoms with E-state index in [4.69, 9.17) is 9.47 Å². The number of fused-ring (bicyclic) bond motifs is 1. The summed E-state index contributed by atoms with van der Waals surface area (Å²) in [7, 11) is 0. The van der Waals surface area contributed by atoms with Crippen molar-refractivity contribution < 1.29 is 14.3 Å². The Balaban J connectivity index is 1.25. The molecule has 4 heterocycles. The van der Waals surface area contributed by atoms with Gasteiger partial charge in [-0.1, -0.05) is 6.07 Å². The molecule has 2 aromatic rings. The Morgan fingerprint density at radius 2 is 2.28 bits per heavy atom. The van der Waals surface area contributed by atoms with Gasteiger partial charge in [-0.15, -0.1) is 11.3 Å². The molecule has 2 aromatic heterocycles. The van der Waals surface area contributed by atoms with Gasteiger partial charge >= 0.3 is 0 Å². The van der Waals surface area contributed by atoms with E-state index in [0.717, 1.165) is 18.5 Å². The summed E-state index contributed by atoms with van der Waals surface area (Å²) in [5, 5.41) is 2.05. The normalized spacial score (nSPS) is 33.7. The lowest BCUT2D eigenvalue weighted by molar-refractivity contribution is -0.177. The van der Waals surface area contributed by atoms with Crippen LogP contribution >= 0.6 is 11.3 Å². The van der Waals surface area contributed by atoms with E-state index >= 15 is 0 Å². The average molecular weight is 357 g/mol. The van der Waals surface area contributed by atoms with Gasteiger partial charge in [0.15, 0.2) is 5.60 Å². The fraction of sp³-hybridized carbons (Fsp3) is 0.500. The number of carbonyl (C=O) groups is 1. The summed E-state index contributed by atoms with van der Waals surface area (Å²) < 4.78 is 12.1. The van der Waals surface area contributed by atoms with E-state index < -0.39 is 5.60 Å². The molecule has 5 rings (SSSR count). The van der Waals surface area contributed by atoms with E-state index in [2.05, 4.69) is 16.0 Å². The maximum Gasteiger partial charge on any atom is 0.257 e. The van der Waals surface area contributed by atoms with Gasteiger partial charge in [0.25, 0.3) is 5.91 Å². The Kier molecular flexibility index (Phi) is 3.62. The SMILES string of the molecule is O=C1N2[C@@H](CC[C@H]2c2cnccn2)OC12CC(OCc1cccs1)C2. The van der Waals surface area contributed by atoms with Crippen molar-refractivity contribution in [2.75, 3.05) is 0 Å². The molecule has 0 bridgehead atoms. The van der Waals surface area contributed by atoms with Crippen LogP contribution in [-0.2, 0) is 20.9 Å². The summed E-state index contributed by atoms with van der Waals surface area (Å²) in [6.45, 7) is 0.613. The van der Waals surface area contributed by atoms with E-state index in [1.807, 2.05) is 16.3 Å². The molecule has 0 N–H and O–H groups in total. The highest BCUT2D eigenvalue weighted by Crippen LogP contribution is 2.51. The standard InChI is InChI=1S/C18H19N3O3S/c22-17-18(8-12(9-18)23-11-13-2-1-7-25-13)24-16-4-3-15(21(16)17)14-10-19-5-6-20-14/h1-2,5-7,10,12,15-16H,3-4,8-9,11H2/t12?,15-,16+,18?/m0/s1. The van der Waals surface area contributed by atoms with Crippen molar-refractivity contribution in [2.24, 2.45) is 0 Å². The number of carbonyl (C=O) groups excluding carboxylic acids is 1. The van der Waals surface area contributed by atoms with Gasteiger partial charge in [-0.3, -0.25) is 14.8 Å². The Bertz CT molecular complexity index is 761. The van der Waals surface area contributed by atoms with Crippen LogP contribution in [0, 0.1) is 0 Å². The number of amides is 1. The second-order valence-corrected chi connectivity index (χ2v) is 7.96. The first-order valence-corrected chi connectivity index (χ1v) is 9.54. The van der Waals surface area contributed by atoms with Gasteiger partial charge in [-0.2, -0.15) is 0 Å². The van der Waals surface area contributed by atoms with Crippen molar-refractivity contribution in [1.29, 1.82) is 0 Å². The fourth-order valence-corrected chi connectivity index (χ4v) is 4.77.